The number of carboxylic acid groups (broad SMARTS) is 1. The Morgan fingerprint density at radius 1 is 1.20 bits per heavy atom. The van der Waals surface area contributed by atoms with Crippen molar-refractivity contribution in [3.8, 4) is 0 Å². The summed E-state index contributed by atoms with van der Waals surface area (Å²) in [6.07, 6.45) is -0.481. The number of ether oxygens (including phenoxy) is 1. The number of esters is 1. The van der Waals surface area contributed by atoms with Crippen LogP contribution in [-0.4, -0.2) is 48.6 Å². The lowest BCUT2D eigenvalue weighted by atomic mass is 9.96. The van der Waals surface area contributed by atoms with Gasteiger partial charge in [0.05, 0.1) is 20.1 Å². The zero-order valence-corrected chi connectivity index (χ0v) is 12.0. The minimum absolute atomic E-state index is 0.340. The summed E-state index contributed by atoms with van der Waals surface area (Å²) >= 11 is 0. The Morgan fingerprint density at radius 2 is 1.75 bits per heavy atom. The number of carbonyl (C=O) groups excluding carboxylic acids is 3. The molecule has 0 aliphatic rings. The van der Waals surface area contributed by atoms with Crippen LogP contribution in [0.1, 0.15) is 27.2 Å². The van der Waals surface area contributed by atoms with E-state index in [0.717, 1.165) is 7.11 Å². The number of carboxylic acids is 1. The number of amides is 2. The largest absolute Gasteiger partial charge is 0.480 e. The number of rotatable bonds is 6. The van der Waals surface area contributed by atoms with Crippen LogP contribution < -0.4 is 10.6 Å². The lowest BCUT2D eigenvalue weighted by Gasteiger charge is -2.18. The van der Waals surface area contributed by atoms with Crippen LogP contribution in [0, 0.1) is 5.41 Å². The van der Waals surface area contributed by atoms with E-state index in [0.29, 0.717) is 0 Å². The standard InChI is InChI=1S/C12H20N2O6/c1-12(2,3)11(19)13-6-8(15)14-7(10(17)18)5-9(16)20-4/h7H,5-6H2,1-4H3,(H,13,19)(H,14,15)(H,17,18)/t7-/m0/s1. The van der Waals surface area contributed by atoms with E-state index in [9.17, 15) is 19.2 Å². The molecule has 0 aliphatic heterocycles. The molecular weight excluding hydrogens is 268 g/mol. The third kappa shape index (κ3) is 6.72. The van der Waals surface area contributed by atoms with Crippen molar-refractivity contribution in [2.45, 2.75) is 33.2 Å². The molecule has 1 atom stereocenters. The molecule has 8 heteroatoms. The number of nitrogens with one attached hydrogen (secondary N) is 2. The second-order valence-corrected chi connectivity index (χ2v) is 5.17. The van der Waals surface area contributed by atoms with Crippen molar-refractivity contribution in [3.05, 3.63) is 0 Å². The fourth-order valence-electron chi connectivity index (χ4n) is 1.12. The molecular formula is C12H20N2O6. The van der Waals surface area contributed by atoms with Crippen molar-refractivity contribution >= 4 is 23.8 Å². The summed E-state index contributed by atoms with van der Waals surface area (Å²) in [7, 11) is 1.12. The van der Waals surface area contributed by atoms with Crippen molar-refractivity contribution in [1.29, 1.82) is 0 Å². The highest BCUT2D eigenvalue weighted by atomic mass is 16.5. The molecule has 0 aromatic heterocycles. The van der Waals surface area contributed by atoms with Gasteiger partial charge in [-0.1, -0.05) is 20.8 Å². The molecule has 3 N–H and O–H groups in total. The number of hydrogen-bond acceptors (Lipinski definition) is 5. The minimum atomic E-state index is -1.39. The first kappa shape index (κ1) is 17.9. The van der Waals surface area contributed by atoms with E-state index in [1.807, 2.05) is 0 Å². The zero-order chi connectivity index (χ0) is 15.9. The van der Waals surface area contributed by atoms with Gasteiger partial charge >= 0.3 is 11.9 Å². The molecule has 20 heavy (non-hydrogen) atoms. The van der Waals surface area contributed by atoms with Crippen LogP contribution in [0.25, 0.3) is 0 Å². The van der Waals surface area contributed by atoms with Gasteiger partial charge in [0.1, 0.15) is 6.04 Å². The van der Waals surface area contributed by atoms with Crippen molar-refractivity contribution in [2.24, 2.45) is 5.41 Å². The van der Waals surface area contributed by atoms with Gasteiger partial charge in [-0.3, -0.25) is 14.4 Å². The van der Waals surface area contributed by atoms with E-state index in [-0.39, 0.29) is 12.5 Å². The summed E-state index contributed by atoms with van der Waals surface area (Å²) in [6.45, 7) is 4.67. The van der Waals surface area contributed by atoms with Gasteiger partial charge < -0.3 is 20.5 Å². The smallest absolute Gasteiger partial charge is 0.326 e. The molecule has 0 unspecified atom stereocenters. The summed E-state index contributed by atoms with van der Waals surface area (Å²) in [4.78, 5) is 44.9. The molecule has 0 aliphatic carbocycles. The summed E-state index contributed by atoms with van der Waals surface area (Å²) in [5.74, 6) is -3.14. The molecule has 0 spiro atoms. The Labute approximate surface area is 116 Å². The highest BCUT2D eigenvalue weighted by Gasteiger charge is 2.25. The minimum Gasteiger partial charge on any atom is -0.480 e. The van der Waals surface area contributed by atoms with E-state index in [1.165, 1.54) is 0 Å². The quantitative estimate of drug-likeness (QED) is 0.554. The van der Waals surface area contributed by atoms with Gasteiger partial charge in [0.25, 0.3) is 0 Å². The van der Waals surface area contributed by atoms with Gasteiger partial charge in [-0.15, -0.1) is 0 Å². The SMILES string of the molecule is COC(=O)C[C@H](NC(=O)CNC(=O)C(C)(C)C)C(=O)O. The number of hydrogen-bond donors (Lipinski definition) is 3. The molecule has 0 fully saturated rings. The maximum atomic E-state index is 11.5. The van der Waals surface area contributed by atoms with Gasteiger partial charge in [-0.05, 0) is 0 Å². The molecule has 0 saturated heterocycles. The number of methoxy groups -OCH3 is 1. The Kier molecular flexibility index (Phi) is 6.67. The third-order valence-electron chi connectivity index (χ3n) is 2.32. The molecule has 8 nitrogen and oxygen atoms in total. The van der Waals surface area contributed by atoms with Gasteiger partial charge in [0.2, 0.25) is 11.8 Å². The molecule has 0 radical (unpaired) electrons. The first-order valence-corrected chi connectivity index (χ1v) is 5.95. The normalized spacial score (nSPS) is 12.2. The van der Waals surface area contributed by atoms with Crippen molar-refractivity contribution < 1.29 is 29.0 Å². The third-order valence-corrected chi connectivity index (χ3v) is 2.32. The Bertz CT molecular complexity index is 399. The average molecular weight is 288 g/mol. The molecule has 0 saturated carbocycles. The summed E-state index contributed by atoms with van der Waals surface area (Å²) < 4.78 is 4.33. The first-order valence-electron chi connectivity index (χ1n) is 5.95. The predicted octanol–water partition coefficient (Wildman–Crippen LogP) is -0.719. The van der Waals surface area contributed by atoms with Crippen LogP contribution in [0.3, 0.4) is 0 Å². The highest BCUT2D eigenvalue weighted by molar-refractivity contribution is 5.90. The van der Waals surface area contributed by atoms with Crippen molar-refractivity contribution in [1.82, 2.24) is 10.6 Å². The van der Waals surface area contributed by atoms with Crippen LogP contribution in [0.2, 0.25) is 0 Å². The van der Waals surface area contributed by atoms with Gasteiger partial charge in [-0.25, -0.2) is 4.79 Å². The van der Waals surface area contributed by atoms with Crippen molar-refractivity contribution in [2.75, 3.05) is 13.7 Å². The monoisotopic (exact) mass is 288 g/mol. The van der Waals surface area contributed by atoms with Crippen LogP contribution >= 0.6 is 0 Å². The van der Waals surface area contributed by atoms with Gasteiger partial charge in [0, 0.05) is 5.41 Å². The predicted molar refractivity (Wildman–Crippen MR) is 68.7 cm³/mol. The van der Waals surface area contributed by atoms with E-state index in [2.05, 4.69) is 15.4 Å². The lowest BCUT2D eigenvalue weighted by Crippen LogP contribution is -2.47. The van der Waals surface area contributed by atoms with Crippen LogP contribution in [0.15, 0.2) is 0 Å². The van der Waals surface area contributed by atoms with E-state index < -0.39 is 35.7 Å². The van der Waals surface area contributed by atoms with Crippen molar-refractivity contribution in [3.63, 3.8) is 0 Å². The molecule has 0 heterocycles. The Hall–Kier alpha value is -2.12. The van der Waals surface area contributed by atoms with E-state index >= 15 is 0 Å². The highest BCUT2D eigenvalue weighted by Crippen LogP contribution is 2.11. The summed E-state index contributed by atoms with van der Waals surface area (Å²) in [5, 5.41) is 13.4. The van der Waals surface area contributed by atoms with Crippen LogP contribution in [0.5, 0.6) is 0 Å². The topological polar surface area (TPSA) is 122 Å². The fourth-order valence-corrected chi connectivity index (χ4v) is 1.12. The Morgan fingerprint density at radius 3 is 2.15 bits per heavy atom. The summed E-state index contributed by atoms with van der Waals surface area (Å²) in [5.41, 5.74) is -0.654. The molecule has 0 aromatic rings. The van der Waals surface area contributed by atoms with Crippen LogP contribution in [0.4, 0.5) is 0 Å². The Balaban J connectivity index is 4.38. The van der Waals surface area contributed by atoms with Crippen LogP contribution in [-0.2, 0) is 23.9 Å². The van der Waals surface area contributed by atoms with E-state index in [4.69, 9.17) is 5.11 Å². The number of carbonyl (C=O) groups is 4. The lowest BCUT2D eigenvalue weighted by molar-refractivity contribution is -0.148. The summed E-state index contributed by atoms with van der Waals surface area (Å²) in [6, 6.07) is -1.39. The fraction of sp³-hybridized carbons (Fsp3) is 0.667. The first-order chi connectivity index (χ1) is 9.07. The van der Waals surface area contributed by atoms with Gasteiger partial charge in [0.15, 0.2) is 0 Å². The molecule has 0 bridgehead atoms. The second kappa shape index (κ2) is 7.46. The zero-order valence-electron chi connectivity index (χ0n) is 12.0. The van der Waals surface area contributed by atoms with E-state index in [1.54, 1.807) is 20.8 Å². The molecule has 114 valence electrons. The molecule has 0 rings (SSSR count). The second-order valence-electron chi connectivity index (χ2n) is 5.17. The molecule has 0 aromatic carbocycles. The average Bonchev–Trinajstić information content (AvgIpc) is 2.33. The molecule has 2 amide bonds. The maximum Gasteiger partial charge on any atom is 0.326 e. The number of aliphatic carboxylic acids is 1. The van der Waals surface area contributed by atoms with Gasteiger partial charge in [-0.2, -0.15) is 0 Å². The maximum absolute atomic E-state index is 11.5.